The van der Waals surface area contributed by atoms with Gasteiger partial charge in [-0.2, -0.15) is 0 Å². The molecule has 0 aliphatic heterocycles. The Hall–Kier alpha value is -2.93. The van der Waals surface area contributed by atoms with E-state index in [-0.39, 0.29) is 36.0 Å². The molecule has 2 atom stereocenters. The third-order valence-electron chi connectivity index (χ3n) is 6.12. The fourth-order valence-corrected chi connectivity index (χ4v) is 4.90. The van der Waals surface area contributed by atoms with Gasteiger partial charge in [0.25, 0.3) is 5.91 Å². The zero-order chi connectivity index (χ0) is 25.5. The molecule has 2 aliphatic carbocycles. The van der Waals surface area contributed by atoms with Crippen molar-refractivity contribution in [3.63, 3.8) is 0 Å². The van der Waals surface area contributed by atoms with E-state index in [1.54, 1.807) is 13.3 Å². The number of carbonyl (C=O) groups is 1. The first kappa shape index (κ1) is 26.1. The van der Waals surface area contributed by atoms with Crippen molar-refractivity contribution >= 4 is 27.5 Å². The summed E-state index contributed by atoms with van der Waals surface area (Å²) >= 11 is 0. The Bertz CT molecular complexity index is 1170. The van der Waals surface area contributed by atoms with Crippen LogP contribution < -0.4 is 10.0 Å². The van der Waals surface area contributed by atoms with Crippen LogP contribution in [0.3, 0.4) is 0 Å². The number of amides is 1. The first-order valence-electron chi connectivity index (χ1n) is 11.9. The highest BCUT2D eigenvalue weighted by Gasteiger charge is 2.28. The summed E-state index contributed by atoms with van der Waals surface area (Å²) in [6.45, 7) is 0.398. The SMILES string of the molecule is COCCNS(=O)(=O)c1ccc(/C(=N\O[C@@H]2CC[C@@H](OC)C2)C(=O)Nc2cnc(C3CC3)cn2)cc1. The van der Waals surface area contributed by atoms with Crippen molar-refractivity contribution in [2.24, 2.45) is 5.16 Å². The Morgan fingerprint density at radius 2 is 1.81 bits per heavy atom. The summed E-state index contributed by atoms with van der Waals surface area (Å²) < 4.78 is 37.7. The monoisotopic (exact) mass is 517 g/mol. The van der Waals surface area contributed by atoms with Gasteiger partial charge in [-0.05, 0) is 37.8 Å². The Labute approximate surface area is 210 Å². The van der Waals surface area contributed by atoms with Crippen molar-refractivity contribution in [2.45, 2.75) is 55.1 Å². The van der Waals surface area contributed by atoms with Crippen LogP contribution in [0, 0.1) is 0 Å². The van der Waals surface area contributed by atoms with E-state index in [9.17, 15) is 13.2 Å². The Balaban J connectivity index is 1.51. The normalized spacial score (nSPS) is 20.3. The van der Waals surface area contributed by atoms with E-state index in [1.807, 2.05) is 0 Å². The third kappa shape index (κ3) is 6.84. The Kier molecular flexibility index (Phi) is 8.62. The minimum Gasteiger partial charge on any atom is -0.392 e. The second kappa shape index (κ2) is 11.9. The molecule has 1 amide bonds. The molecule has 4 rings (SSSR count). The molecule has 2 N–H and O–H groups in total. The summed E-state index contributed by atoms with van der Waals surface area (Å²) in [5.74, 6) is 0.200. The fourth-order valence-electron chi connectivity index (χ4n) is 3.88. The largest absolute Gasteiger partial charge is 0.392 e. The van der Waals surface area contributed by atoms with E-state index in [0.29, 0.717) is 23.7 Å². The van der Waals surface area contributed by atoms with E-state index < -0.39 is 15.9 Å². The zero-order valence-corrected chi connectivity index (χ0v) is 21.2. The number of ether oxygens (including phenoxy) is 2. The maximum Gasteiger partial charge on any atom is 0.279 e. The molecule has 194 valence electrons. The van der Waals surface area contributed by atoms with Gasteiger partial charge in [0.05, 0.1) is 35.7 Å². The first-order valence-corrected chi connectivity index (χ1v) is 13.4. The van der Waals surface area contributed by atoms with Crippen molar-refractivity contribution in [1.82, 2.24) is 14.7 Å². The number of oxime groups is 1. The molecule has 12 heteroatoms. The van der Waals surface area contributed by atoms with Crippen LogP contribution in [-0.4, -0.2) is 69.6 Å². The van der Waals surface area contributed by atoms with Crippen LogP contribution in [-0.2, 0) is 29.1 Å². The average Bonchev–Trinajstić information content (AvgIpc) is 3.63. The molecule has 2 aromatic rings. The summed E-state index contributed by atoms with van der Waals surface area (Å²) in [7, 11) is -0.570. The van der Waals surface area contributed by atoms with Crippen molar-refractivity contribution in [1.29, 1.82) is 0 Å². The topological polar surface area (TPSA) is 141 Å². The second-order valence-electron chi connectivity index (χ2n) is 8.81. The van der Waals surface area contributed by atoms with Gasteiger partial charge in [-0.25, -0.2) is 18.1 Å². The number of nitrogens with one attached hydrogen (secondary N) is 2. The van der Waals surface area contributed by atoms with Crippen LogP contribution in [0.1, 0.15) is 49.3 Å². The smallest absolute Gasteiger partial charge is 0.279 e. The van der Waals surface area contributed by atoms with Crippen LogP contribution in [0.25, 0.3) is 0 Å². The highest BCUT2D eigenvalue weighted by molar-refractivity contribution is 7.89. The van der Waals surface area contributed by atoms with E-state index in [4.69, 9.17) is 14.3 Å². The van der Waals surface area contributed by atoms with E-state index >= 15 is 0 Å². The van der Waals surface area contributed by atoms with Gasteiger partial charge >= 0.3 is 0 Å². The highest BCUT2D eigenvalue weighted by Crippen LogP contribution is 2.38. The number of hydrogen-bond donors (Lipinski definition) is 2. The van der Waals surface area contributed by atoms with Crippen LogP contribution in [0.15, 0.2) is 46.7 Å². The first-order chi connectivity index (χ1) is 17.4. The second-order valence-corrected chi connectivity index (χ2v) is 10.6. The summed E-state index contributed by atoms with van der Waals surface area (Å²) in [6, 6.07) is 5.85. The molecule has 1 heterocycles. The molecular formula is C24H31N5O6S. The van der Waals surface area contributed by atoms with Crippen LogP contribution in [0.4, 0.5) is 5.82 Å². The number of nitrogens with zero attached hydrogens (tertiary/aromatic N) is 3. The number of hydrogen-bond acceptors (Lipinski definition) is 9. The maximum absolute atomic E-state index is 13.2. The van der Waals surface area contributed by atoms with E-state index in [2.05, 4.69) is 25.2 Å². The van der Waals surface area contributed by atoms with Crippen molar-refractivity contribution in [3.8, 4) is 0 Å². The molecule has 36 heavy (non-hydrogen) atoms. The molecule has 11 nitrogen and oxygen atoms in total. The van der Waals surface area contributed by atoms with Gasteiger partial charge in [0.15, 0.2) is 11.5 Å². The molecule has 2 aliphatic rings. The molecule has 2 fully saturated rings. The predicted octanol–water partition coefficient (Wildman–Crippen LogP) is 2.21. The van der Waals surface area contributed by atoms with Crippen LogP contribution >= 0.6 is 0 Å². The van der Waals surface area contributed by atoms with Crippen molar-refractivity contribution in [3.05, 3.63) is 47.9 Å². The lowest BCUT2D eigenvalue weighted by molar-refractivity contribution is -0.110. The van der Waals surface area contributed by atoms with Gasteiger partial charge in [0.2, 0.25) is 10.0 Å². The number of sulfonamides is 1. The Morgan fingerprint density at radius 1 is 1.06 bits per heavy atom. The number of rotatable bonds is 12. The number of anilines is 1. The molecule has 0 unspecified atom stereocenters. The van der Waals surface area contributed by atoms with Crippen LogP contribution in [0.5, 0.6) is 0 Å². The van der Waals surface area contributed by atoms with Gasteiger partial charge in [0.1, 0.15) is 6.10 Å². The zero-order valence-electron chi connectivity index (χ0n) is 20.3. The van der Waals surface area contributed by atoms with Gasteiger partial charge < -0.3 is 19.6 Å². The van der Waals surface area contributed by atoms with E-state index in [0.717, 1.165) is 31.4 Å². The summed E-state index contributed by atoms with van der Waals surface area (Å²) in [6.07, 6.45) is 7.59. The average molecular weight is 518 g/mol. The molecule has 0 bridgehead atoms. The third-order valence-corrected chi connectivity index (χ3v) is 7.60. The van der Waals surface area contributed by atoms with Crippen LogP contribution in [0.2, 0.25) is 0 Å². The lowest BCUT2D eigenvalue weighted by Crippen LogP contribution is -2.28. The summed E-state index contributed by atoms with van der Waals surface area (Å²) in [4.78, 5) is 27.6. The highest BCUT2D eigenvalue weighted by atomic mass is 32.2. The molecule has 0 radical (unpaired) electrons. The number of benzene rings is 1. The molecule has 0 saturated heterocycles. The fraction of sp³-hybridized carbons (Fsp3) is 0.500. The number of methoxy groups -OCH3 is 2. The summed E-state index contributed by atoms with van der Waals surface area (Å²) in [5.41, 5.74) is 1.31. The number of aromatic nitrogens is 2. The minimum atomic E-state index is -3.72. The quantitative estimate of drug-likeness (QED) is 0.248. The van der Waals surface area contributed by atoms with Crippen molar-refractivity contribution < 1.29 is 27.5 Å². The summed E-state index contributed by atoms with van der Waals surface area (Å²) in [5, 5.41) is 6.88. The van der Waals surface area contributed by atoms with E-state index in [1.165, 1.54) is 37.6 Å². The standard InChI is InChI=1S/C24H31N5O6S/c1-33-12-11-27-36(31,32)20-9-5-17(6-10-20)23(29-35-19-8-7-18(13-19)34-2)24(30)28-22-15-25-21(14-26-22)16-3-4-16/h5-6,9-10,14-16,18-19,27H,3-4,7-8,11-13H2,1-2H3,(H,26,28,30)/b29-23+/t18-,19-/m1/s1. The molecule has 1 aromatic carbocycles. The molecule has 0 spiro atoms. The minimum absolute atomic E-state index is 0.000210. The maximum atomic E-state index is 13.2. The van der Waals surface area contributed by atoms with Gasteiger partial charge in [0, 0.05) is 38.7 Å². The van der Waals surface area contributed by atoms with Gasteiger partial charge in [-0.15, -0.1) is 0 Å². The Morgan fingerprint density at radius 3 is 2.42 bits per heavy atom. The van der Waals surface area contributed by atoms with Crippen molar-refractivity contribution in [2.75, 3.05) is 32.7 Å². The molecule has 2 saturated carbocycles. The lowest BCUT2D eigenvalue weighted by Gasteiger charge is -2.12. The number of carbonyl (C=O) groups excluding carboxylic acids is 1. The molecule has 1 aromatic heterocycles. The lowest BCUT2D eigenvalue weighted by atomic mass is 10.1. The predicted molar refractivity (Wildman–Crippen MR) is 132 cm³/mol. The van der Waals surface area contributed by atoms with Gasteiger partial charge in [-0.1, -0.05) is 17.3 Å². The molecular weight excluding hydrogens is 486 g/mol. The van der Waals surface area contributed by atoms with Gasteiger partial charge in [-0.3, -0.25) is 9.78 Å².